The first-order chi connectivity index (χ1) is 14.9. The van der Waals surface area contributed by atoms with E-state index in [2.05, 4.69) is 16.4 Å². The molecule has 0 atom stereocenters. The number of ether oxygens (including phenoxy) is 2. The molecule has 1 fully saturated rings. The normalized spacial score (nSPS) is 15.5. The molecule has 0 spiro atoms. The van der Waals surface area contributed by atoms with Crippen LogP contribution in [0.1, 0.15) is 60.0 Å². The van der Waals surface area contributed by atoms with Gasteiger partial charge in [-0.3, -0.25) is 4.79 Å². The molecule has 0 aliphatic heterocycles. The lowest BCUT2D eigenvalue weighted by atomic mass is 9.90. The van der Waals surface area contributed by atoms with E-state index in [0.717, 1.165) is 31.2 Å². The van der Waals surface area contributed by atoms with Gasteiger partial charge in [0.15, 0.2) is 5.75 Å². The van der Waals surface area contributed by atoms with Gasteiger partial charge in [0.1, 0.15) is 5.54 Å². The molecule has 0 bridgehead atoms. The number of methoxy groups -OCH3 is 1. The Morgan fingerprint density at radius 3 is 2.55 bits per heavy atom. The number of carbonyl (C=O) groups excluding carboxylic acids is 1. The van der Waals surface area contributed by atoms with Gasteiger partial charge in [0.25, 0.3) is 11.8 Å². The number of pyridine rings is 1. The second kappa shape index (κ2) is 10.3. The number of nitrogens with one attached hydrogen (secondary N) is 1. The van der Waals surface area contributed by atoms with Gasteiger partial charge in [0, 0.05) is 18.7 Å². The fourth-order valence-corrected chi connectivity index (χ4v) is 3.97. The van der Waals surface area contributed by atoms with Crippen LogP contribution in [0.25, 0.3) is 0 Å². The molecule has 0 saturated heterocycles. The van der Waals surface area contributed by atoms with Gasteiger partial charge in [-0.1, -0.05) is 55.5 Å². The Balaban J connectivity index is 1.72. The first-order valence-corrected chi connectivity index (χ1v) is 10.7. The van der Waals surface area contributed by atoms with Gasteiger partial charge < -0.3 is 19.9 Å². The molecule has 1 saturated carbocycles. The van der Waals surface area contributed by atoms with Crippen molar-refractivity contribution in [3.05, 3.63) is 53.2 Å². The van der Waals surface area contributed by atoms with Crippen molar-refractivity contribution in [3.63, 3.8) is 0 Å². The van der Waals surface area contributed by atoms with Gasteiger partial charge >= 0.3 is 5.97 Å². The summed E-state index contributed by atoms with van der Waals surface area (Å²) >= 11 is 0. The van der Waals surface area contributed by atoms with E-state index in [0.29, 0.717) is 31.6 Å². The molecule has 1 aliphatic rings. The Morgan fingerprint density at radius 1 is 1.16 bits per heavy atom. The van der Waals surface area contributed by atoms with Crippen molar-refractivity contribution < 1.29 is 24.2 Å². The van der Waals surface area contributed by atoms with Crippen LogP contribution in [0.2, 0.25) is 0 Å². The SMILES string of the molecule is COc1ncc(C(=O)NC2(C(=O)O)CCCCCC2)cc1OCCc1cccc(C)c1. The Kier molecular flexibility index (Phi) is 7.50. The molecule has 0 radical (unpaired) electrons. The summed E-state index contributed by atoms with van der Waals surface area (Å²) in [6.45, 7) is 2.43. The number of aryl methyl sites for hydroxylation is 1. The number of benzene rings is 1. The summed E-state index contributed by atoms with van der Waals surface area (Å²) < 4.78 is 11.1. The maximum Gasteiger partial charge on any atom is 0.329 e. The summed E-state index contributed by atoms with van der Waals surface area (Å²) in [4.78, 5) is 29.1. The van der Waals surface area contributed by atoms with Gasteiger partial charge in [0.2, 0.25) is 0 Å². The van der Waals surface area contributed by atoms with Crippen LogP contribution in [0.3, 0.4) is 0 Å². The summed E-state index contributed by atoms with van der Waals surface area (Å²) in [5, 5.41) is 12.6. The fourth-order valence-electron chi connectivity index (χ4n) is 3.97. The Bertz CT molecular complexity index is 920. The lowest BCUT2D eigenvalue weighted by molar-refractivity contribution is -0.145. The summed E-state index contributed by atoms with van der Waals surface area (Å²) in [6.07, 6.45) is 6.45. The highest BCUT2D eigenvalue weighted by atomic mass is 16.5. The van der Waals surface area contributed by atoms with Crippen LogP contribution in [0.4, 0.5) is 0 Å². The van der Waals surface area contributed by atoms with Crippen LogP contribution in [0.5, 0.6) is 11.6 Å². The van der Waals surface area contributed by atoms with Crippen molar-refractivity contribution in [3.8, 4) is 11.6 Å². The number of aliphatic carboxylic acids is 1. The first kappa shape index (κ1) is 22.6. The van der Waals surface area contributed by atoms with Crippen LogP contribution < -0.4 is 14.8 Å². The molecule has 0 unspecified atom stereocenters. The number of hydrogen-bond acceptors (Lipinski definition) is 5. The zero-order valence-electron chi connectivity index (χ0n) is 18.1. The van der Waals surface area contributed by atoms with Gasteiger partial charge in [-0.25, -0.2) is 9.78 Å². The third-order valence-electron chi connectivity index (χ3n) is 5.72. The molecule has 1 amide bonds. The van der Waals surface area contributed by atoms with Crippen LogP contribution in [-0.4, -0.2) is 41.2 Å². The molecular weight excluding hydrogens is 396 g/mol. The molecule has 7 nitrogen and oxygen atoms in total. The smallest absolute Gasteiger partial charge is 0.329 e. The van der Waals surface area contributed by atoms with E-state index in [4.69, 9.17) is 9.47 Å². The lowest BCUT2D eigenvalue weighted by Gasteiger charge is -2.29. The zero-order valence-corrected chi connectivity index (χ0v) is 18.1. The average Bonchev–Trinajstić information content (AvgIpc) is 3.00. The van der Waals surface area contributed by atoms with Gasteiger partial charge in [0.05, 0.1) is 19.3 Å². The summed E-state index contributed by atoms with van der Waals surface area (Å²) in [5.74, 6) is -0.821. The number of amides is 1. The predicted molar refractivity (Wildman–Crippen MR) is 117 cm³/mol. The fraction of sp³-hybridized carbons (Fsp3) is 0.458. The molecule has 7 heteroatoms. The van der Waals surface area contributed by atoms with Crippen molar-refractivity contribution in [1.29, 1.82) is 0 Å². The van der Waals surface area contributed by atoms with E-state index >= 15 is 0 Å². The standard InChI is InChI=1S/C24H30N2O5/c1-17-8-7-9-18(14-17)10-13-31-20-15-19(16-25-22(20)30-2)21(27)26-24(23(28)29)11-5-3-4-6-12-24/h7-9,14-16H,3-6,10-13H2,1-2H3,(H,26,27)(H,28,29). The average molecular weight is 427 g/mol. The van der Waals surface area contributed by atoms with Crippen molar-refractivity contribution in [1.82, 2.24) is 10.3 Å². The number of carboxylic acid groups (broad SMARTS) is 1. The maximum absolute atomic E-state index is 12.9. The highest BCUT2D eigenvalue weighted by Crippen LogP contribution is 2.29. The quantitative estimate of drug-likeness (QED) is 0.621. The van der Waals surface area contributed by atoms with Crippen LogP contribution >= 0.6 is 0 Å². The second-order valence-electron chi connectivity index (χ2n) is 8.07. The number of rotatable bonds is 8. The minimum atomic E-state index is -1.24. The van der Waals surface area contributed by atoms with Crippen LogP contribution in [0, 0.1) is 6.92 Å². The second-order valence-corrected chi connectivity index (χ2v) is 8.07. The van der Waals surface area contributed by atoms with E-state index < -0.39 is 17.4 Å². The lowest BCUT2D eigenvalue weighted by Crippen LogP contribution is -2.54. The zero-order chi connectivity index (χ0) is 22.3. The predicted octanol–water partition coefficient (Wildman–Crippen LogP) is 3.93. The molecule has 166 valence electrons. The third kappa shape index (κ3) is 5.75. The van der Waals surface area contributed by atoms with Crippen molar-refractivity contribution in [2.75, 3.05) is 13.7 Å². The molecule has 2 aromatic rings. The van der Waals surface area contributed by atoms with E-state index in [1.165, 1.54) is 18.9 Å². The van der Waals surface area contributed by atoms with Crippen molar-refractivity contribution >= 4 is 11.9 Å². The summed E-state index contributed by atoms with van der Waals surface area (Å²) in [7, 11) is 1.49. The van der Waals surface area contributed by atoms with Crippen LogP contribution in [0.15, 0.2) is 36.5 Å². The molecule has 2 N–H and O–H groups in total. The highest BCUT2D eigenvalue weighted by molar-refractivity contribution is 5.98. The first-order valence-electron chi connectivity index (χ1n) is 10.7. The van der Waals surface area contributed by atoms with Gasteiger partial charge in [-0.05, 0) is 25.3 Å². The molecule has 1 aromatic carbocycles. The highest BCUT2D eigenvalue weighted by Gasteiger charge is 2.40. The minimum Gasteiger partial charge on any atom is -0.488 e. The van der Waals surface area contributed by atoms with Crippen molar-refractivity contribution in [2.45, 2.75) is 57.4 Å². The number of aromatic nitrogens is 1. The third-order valence-corrected chi connectivity index (χ3v) is 5.72. The molecule has 1 aromatic heterocycles. The monoisotopic (exact) mass is 426 g/mol. The number of nitrogens with zero attached hydrogens (tertiary/aromatic N) is 1. The molecule has 1 aliphatic carbocycles. The summed E-state index contributed by atoms with van der Waals surface area (Å²) in [5.41, 5.74) is 1.34. The topological polar surface area (TPSA) is 97.8 Å². The maximum atomic E-state index is 12.9. The number of carboxylic acids is 1. The Labute approximate surface area is 182 Å². The molecule has 31 heavy (non-hydrogen) atoms. The van der Waals surface area contributed by atoms with E-state index in [1.807, 2.05) is 25.1 Å². The largest absolute Gasteiger partial charge is 0.488 e. The summed E-state index contributed by atoms with van der Waals surface area (Å²) in [6, 6.07) is 9.74. The van der Waals surface area contributed by atoms with Crippen molar-refractivity contribution in [2.24, 2.45) is 0 Å². The van der Waals surface area contributed by atoms with E-state index in [9.17, 15) is 14.7 Å². The molecular formula is C24H30N2O5. The number of carbonyl (C=O) groups is 2. The molecule has 3 rings (SSSR count). The van der Waals surface area contributed by atoms with Crippen LogP contribution in [-0.2, 0) is 11.2 Å². The Morgan fingerprint density at radius 2 is 1.90 bits per heavy atom. The minimum absolute atomic E-state index is 0.247. The molecule has 1 heterocycles. The van der Waals surface area contributed by atoms with E-state index in [-0.39, 0.29) is 11.4 Å². The number of hydrogen-bond donors (Lipinski definition) is 2. The van der Waals surface area contributed by atoms with Gasteiger partial charge in [-0.15, -0.1) is 0 Å². The van der Waals surface area contributed by atoms with E-state index in [1.54, 1.807) is 6.07 Å². The Hall–Kier alpha value is -3.09. The van der Waals surface area contributed by atoms with Gasteiger partial charge in [-0.2, -0.15) is 0 Å².